The Morgan fingerprint density at radius 3 is 2.92 bits per heavy atom. The van der Waals surface area contributed by atoms with E-state index in [1.807, 2.05) is 6.07 Å². The van der Waals surface area contributed by atoms with Crippen LogP contribution in [-0.2, 0) is 17.7 Å². The molecule has 0 aromatic carbocycles. The molecule has 1 unspecified atom stereocenters. The van der Waals surface area contributed by atoms with Crippen molar-refractivity contribution in [1.29, 1.82) is 0 Å². The first-order chi connectivity index (χ1) is 12.2. The molecule has 7 heteroatoms. The summed E-state index contributed by atoms with van der Waals surface area (Å²) >= 11 is 0. The predicted molar refractivity (Wildman–Crippen MR) is 94.2 cm³/mol. The molecular formula is C18H26N4O3. The normalized spacial score (nSPS) is 16.9. The van der Waals surface area contributed by atoms with Gasteiger partial charge in [0.25, 0.3) is 5.56 Å². The Labute approximate surface area is 147 Å². The third kappa shape index (κ3) is 4.76. The number of nitrogens with one attached hydrogen (secondary N) is 1. The smallest absolute Gasteiger partial charge is 0.259 e. The number of aryl methyl sites for hydroxylation is 1. The molecule has 0 radical (unpaired) electrons. The second kappa shape index (κ2) is 8.40. The number of hydrogen-bond donors (Lipinski definition) is 1. The van der Waals surface area contributed by atoms with Gasteiger partial charge in [0, 0.05) is 32.3 Å². The van der Waals surface area contributed by atoms with Crippen molar-refractivity contribution in [1.82, 2.24) is 20.0 Å². The van der Waals surface area contributed by atoms with Gasteiger partial charge in [0.15, 0.2) is 0 Å². The van der Waals surface area contributed by atoms with Crippen LogP contribution in [-0.4, -0.2) is 46.3 Å². The standard InChI is InChI=1S/C18H26N4O3/c1-3-13(2)4-5-16-20-17(21-25-16)15-10-14(11-19-18(15)23)12-22-6-8-24-9-7-22/h10-11,13H,3-9,12H2,1-2H3,(H,19,23). The lowest BCUT2D eigenvalue weighted by molar-refractivity contribution is 0.0341. The summed E-state index contributed by atoms with van der Waals surface area (Å²) in [6.45, 7) is 8.44. The van der Waals surface area contributed by atoms with Crippen LogP contribution in [0.5, 0.6) is 0 Å². The van der Waals surface area contributed by atoms with Gasteiger partial charge in [-0.05, 0) is 24.0 Å². The van der Waals surface area contributed by atoms with Crippen LogP contribution in [0.2, 0.25) is 0 Å². The first-order valence-corrected chi connectivity index (χ1v) is 9.00. The number of nitrogens with zero attached hydrogens (tertiary/aromatic N) is 3. The molecular weight excluding hydrogens is 320 g/mol. The minimum atomic E-state index is -0.194. The van der Waals surface area contributed by atoms with Crippen LogP contribution >= 0.6 is 0 Å². The Bertz CT molecular complexity index is 734. The van der Waals surface area contributed by atoms with Crippen molar-refractivity contribution < 1.29 is 9.26 Å². The number of hydrogen-bond acceptors (Lipinski definition) is 6. The molecule has 2 aromatic rings. The molecule has 0 aliphatic carbocycles. The maximum atomic E-state index is 12.2. The molecule has 0 saturated carbocycles. The molecule has 1 fully saturated rings. The number of H-pyrrole nitrogens is 1. The summed E-state index contributed by atoms with van der Waals surface area (Å²) in [4.78, 5) is 21.7. The summed E-state index contributed by atoms with van der Waals surface area (Å²) in [7, 11) is 0. The molecule has 136 valence electrons. The van der Waals surface area contributed by atoms with Gasteiger partial charge < -0.3 is 14.2 Å². The van der Waals surface area contributed by atoms with Gasteiger partial charge in [-0.2, -0.15) is 4.98 Å². The van der Waals surface area contributed by atoms with Crippen LogP contribution in [0.15, 0.2) is 21.6 Å². The lowest BCUT2D eigenvalue weighted by atomic mass is 10.0. The van der Waals surface area contributed by atoms with Crippen molar-refractivity contribution in [2.75, 3.05) is 26.3 Å². The van der Waals surface area contributed by atoms with E-state index in [9.17, 15) is 4.79 Å². The predicted octanol–water partition coefficient (Wildman–Crippen LogP) is 2.24. The number of rotatable bonds is 7. The van der Waals surface area contributed by atoms with Gasteiger partial charge in [0.1, 0.15) is 0 Å². The number of ether oxygens (including phenoxy) is 1. The Morgan fingerprint density at radius 1 is 1.36 bits per heavy atom. The zero-order chi connectivity index (χ0) is 17.6. The van der Waals surface area contributed by atoms with Crippen molar-refractivity contribution in [3.63, 3.8) is 0 Å². The molecule has 1 saturated heterocycles. The fourth-order valence-electron chi connectivity index (χ4n) is 2.84. The summed E-state index contributed by atoms with van der Waals surface area (Å²) < 4.78 is 10.7. The van der Waals surface area contributed by atoms with E-state index in [-0.39, 0.29) is 5.56 Å². The van der Waals surface area contributed by atoms with Crippen LogP contribution < -0.4 is 5.56 Å². The fourth-order valence-corrected chi connectivity index (χ4v) is 2.84. The largest absolute Gasteiger partial charge is 0.379 e. The SMILES string of the molecule is CCC(C)CCc1nc(-c2cc(CN3CCOCC3)c[nH]c2=O)no1. The molecule has 3 rings (SSSR count). The van der Waals surface area contributed by atoms with E-state index in [1.165, 1.54) is 0 Å². The van der Waals surface area contributed by atoms with E-state index in [0.717, 1.165) is 57.7 Å². The molecule has 1 N–H and O–H groups in total. The Kier molecular flexibility index (Phi) is 5.99. The van der Waals surface area contributed by atoms with Crippen LogP contribution in [0.25, 0.3) is 11.4 Å². The minimum absolute atomic E-state index is 0.194. The van der Waals surface area contributed by atoms with E-state index in [1.54, 1.807) is 6.20 Å². The Morgan fingerprint density at radius 2 is 2.16 bits per heavy atom. The third-order valence-electron chi connectivity index (χ3n) is 4.73. The van der Waals surface area contributed by atoms with E-state index in [0.29, 0.717) is 23.2 Å². The van der Waals surface area contributed by atoms with Crippen molar-refractivity contribution in [2.24, 2.45) is 5.92 Å². The average molecular weight is 346 g/mol. The fraction of sp³-hybridized carbons (Fsp3) is 0.611. The molecule has 0 spiro atoms. The number of aromatic nitrogens is 3. The molecule has 1 aliphatic rings. The molecule has 0 bridgehead atoms. The molecule has 7 nitrogen and oxygen atoms in total. The van der Waals surface area contributed by atoms with Crippen molar-refractivity contribution in [3.8, 4) is 11.4 Å². The lowest BCUT2D eigenvalue weighted by Gasteiger charge is -2.26. The minimum Gasteiger partial charge on any atom is -0.379 e. The summed E-state index contributed by atoms with van der Waals surface area (Å²) in [5.74, 6) is 1.58. The van der Waals surface area contributed by atoms with Crippen LogP contribution in [0, 0.1) is 5.92 Å². The van der Waals surface area contributed by atoms with Gasteiger partial charge in [-0.3, -0.25) is 9.69 Å². The summed E-state index contributed by atoms with van der Waals surface area (Å²) in [5.41, 5.74) is 1.30. The topological polar surface area (TPSA) is 84.3 Å². The number of pyridine rings is 1. The summed E-state index contributed by atoms with van der Waals surface area (Å²) in [6.07, 6.45) is 4.63. The van der Waals surface area contributed by atoms with Gasteiger partial charge in [-0.15, -0.1) is 0 Å². The van der Waals surface area contributed by atoms with Crippen LogP contribution in [0.1, 0.15) is 38.1 Å². The highest BCUT2D eigenvalue weighted by atomic mass is 16.5. The lowest BCUT2D eigenvalue weighted by Crippen LogP contribution is -2.35. The number of morpholine rings is 1. The molecule has 3 heterocycles. The molecule has 2 aromatic heterocycles. The highest BCUT2D eigenvalue weighted by Crippen LogP contribution is 2.16. The zero-order valence-corrected chi connectivity index (χ0v) is 15.0. The van der Waals surface area contributed by atoms with E-state index < -0.39 is 0 Å². The van der Waals surface area contributed by atoms with E-state index >= 15 is 0 Å². The van der Waals surface area contributed by atoms with Gasteiger partial charge in [-0.1, -0.05) is 25.4 Å². The highest BCUT2D eigenvalue weighted by molar-refractivity contribution is 5.53. The summed E-state index contributed by atoms with van der Waals surface area (Å²) in [5, 5.41) is 4.00. The maximum Gasteiger partial charge on any atom is 0.259 e. The maximum absolute atomic E-state index is 12.2. The average Bonchev–Trinajstić information content (AvgIpc) is 3.11. The molecule has 0 amide bonds. The monoisotopic (exact) mass is 346 g/mol. The Balaban J connectivity index is 1.72. The molecule has 25 heavy (non-hydrogen) atoms. The molecule has 1 aliphatic heterocycles. The van der Waals surface area contributed by atoms with Gasteiger partial charge >= 0.3 is 0 Å². The second-order valence-electron chi connectivity index (χ2n) is 6.70. The van der Waals surface area contributed by atoms with E-state index in [2.05, 4.69) is 33.9 Å². The van der Waals surface area contributed by atoms with Crippen LogP contribution in [0.3, 0.4) is 0 Å². The van der Waals surface area contributed by atoms with Gasteiger partial charge in [0.2, 0.25) is 11.7 Å². The third-order valence-corrected chi connectivity index (χ3v) is 4.73. The first kappa shape index (κ1) is 17.8. The first-order valence-electron chi connectivity index (χ1n) is 9.00. The van der Waals surface area contributed by atoms with E-state index in [4.69, 9.17) is 9.26 Å². The van der Waals surface area contributed by atoms with Crippen molar-refractivity contribution in [3.05, 3.63) is 34.1 Å². The second-order valence-corrected chi connectivity index (χ2v) is 6.70. The Hall–Kier alpha value is -1.99. The highest BCUT2D eigenvalue weighted by Gasteiger charge is 2.16. The van der Waals surface area contributed by atoms with Crippen LogP contribution in [0.4, 0.5) is 0 Å². The van der Waals surface area contributed by atoms with Gasteiger partial charge in [-0.25, -0.2) is 0 Å². The number of aromatic amines is 1. The molecule has 1 atom stereocenters. The zero-order valence-electron chi connectivity index (χ0n) is 15.0. The summed E-state index contributed by atoms with van der Waals surface area (Å²) in [6, 6.07) is 1.86. The van der Waals surface area contributed by atoms with Crippen molar-refractivity contribution in [2.45, 2.75) is 39.7 Å². The van der Waals surface area contributed by atoms with Gasteiger partial charge in [0.05, 0.1) is 18.8 Å². The van der Waals surface area contributed by atoms with Crippen molar-refractivity contribution >= 4 is 0 Å². The quantitative estimate of drug-likeness (QED) is 0.828.